The van der Waals surface area contributed by atoms with E-state index in [1.165, 1.54) is 5.52 Å². The van der Waals surface area contributed by atoms with E-state index in [4.69, 9.17) is 19.3 Å². The van der Waals surface area contributed by atoms with Crippen molar-refractivity contribution in [3.05, 3.63) is 24.5 Å². The average Bonchev–Trinajstić information content (AvgIpc) is 2.91. The Morgan fingerprint density at radius 2 is 1.87 bits per heavy atom. The molecule has 1 aromatic carbocycles. The van der Waals surface area contributed by atoms with E-state index in [1.807, 2.05) is 6.07 Å². The van der Waals surface area contributed by atoms with E-state index in [0.29, 0.717) is 26.4 Å². The number of fused-ring (bicyclic) bond motifs is 1. The van der Waals surface area contributed by atoms with Crippen molar-refractivity contribution < 1.29 is 47.9 Å². The highest BCUT2D eigenvalue weighted by Crippen LogP contribution is 2.18. The molecule has 1 heterocycles. The third-order valence-corrected chi connectivity index (χ3v) is 3.51. The van der Waals surface area contributed by atoms with Crippen LogP contribution in [0.5, 0.6) is 5.75 Å². The van der Waals surface area contributed by atoms with E-state index in [0.717, 1.165) is 24.4 Å². The van der Waals surface area contributed by atoms with Gasteiger partial charge < -0.3 is 43.3 Å². The van der Waals surface area contributed by atoms with Crippen molar-refractivity contribution >= 4 is 11.0 Å². The monoisotopic (exact) mass is 436 g/mol. The van der Waals surface area contributed by atoms with Gasteiger partial charge in [0.2, 0.25) is 6.33 Å². The Balaban J connectivity index is 0.00000264. The Bertz CT molecular complexity index is 589. The topological polar surface area (TPSA) is 56.7 Å². The fourth-order valence-corrected chi connectivity index (χ4v) is 2.38. The SMILES string of the molecule is CCn1c[n+](CCOCCOCCO)c2ccc(OC)cc21.[I-]. The molecular formula is C16H25IN2O4. The van der Waals surface area contributed by atoms with Crippen molar-refractivity contribution in [2.45, 2.75) is 20.0 Å². The van der Waals surface area contributed by atoms with Gasteiger partial charge in [0.15, 0.2) is 11.0 Å². The molecule has 0 fully saturated rings. The van der Waals surface area contributed by atoms with Crippen LogP contribution in [0.25, 0.3) is 11.0 Å². The first-order valence-corrected chi connectivity index (χ1v) is 7.62. The fraction of sp³-hybridized carbons (Fsp3) is 0.562. The number of aliphatic hydroxyl groups excluding tert-OH is 1. The molecule has 2 rings (SSSR count). The molecule has 6 nitrogen and oxygen atoms in total. The van der Waals surface area contributed by atoms with Crippen LogP contribution in [0.3, 0.4) is 0 Å². The number of aliphatic hydroxyl groups is 1. The van der Waals surface area contributed by atoms with Crippen molar-refractivity contribution in [1.29, 1.82) is 0 Å². The smallest absolute Gasteiger partial charge is 0.244 e. The third kappa shape index (κ3) is 5.59. The van der Waals surface area contributed by atoms with Crippen LogP contribution in [-0.4, -0.2) is 49.8 Å². The summed E-state index contributed by atoms with van der Waals surface area (Å²) in [5.74, 6) is 0.865. The van der Waals surface area contributed by atoms with Gasteiger partial charge in [0, 0.05) is 6.07 Å². The molecule has 23 heavy (non-hydrogen) atoms. The number of rotatable bonds is 10. The first-order valence-electron chi connectivity index (χ1n) is 7.62. The Labute approximate surface area is 154 Å². The number of hydrogen-bond donors (Lipinski definition) is 1. The zero-order valence-corrected chi connectivity index (χ0v) is 15.9. The average molecular weight is 436 g/mol. The highest BCUT2D eigenvalue weighted by atomic mass is 127. The van der Waals surface area contributed by atoms with E-state index in [2.05, 4.69) is 34.5 Å². The number of benzene rings is 1. The van der Waals surface area contributed by atoms with Crippen molar-refractivity contribution in [2.24, 2.45) is 0 Å². The van der Waals surface area contributed by atoms with E-state index < -0.39 is 0 Å². The van der Waals surface area contributed by atoms with Gasteiger partial charge in [0.25, 0.3) is 0 Å². The summed E-state index contributed by atoms with van der Waals surface area (Å²) in [4.78, 5) is 0. The van der Waals surface area contributed by atoms with Crippen LogP contribution in [0.2, 0.25) is 0 Å². The molecule has 0 radical (unpaired) electrons. The molecule has 0 aliphatic rings. The summed E-state index contributed by atoms with van der Waals surface area (Å²) in [6, 6.07) is 6.10. The summed E-state index contributed by atoms with van der Waals surface area (Å²) in [6.07, 6.45) is 2.11. The van der Waals surface area contributed by atoms with Crippen LogP contribution in [0, 0.1) is 0 Å². The van der Waals surface area contributed by atoms with Crippen molar-refractivity contribution in [3.63, 3.8) is 0 Å². The predicted molar refractivity (Wildman–Crippen MR) is 83.1 cm³/mol. The first-order chi connectivity index (χ1) is 10.8. The summed E-state index contributed by atoms with van der Waals surface area (Å²) in [5.41, 5.74) is 2.33. The largest absolute Gasteiger partial charge is 1.00 e. The second-order valence-corrected chi connectivity index (χ2v) is 4.90. The molecule has 2 aromatic rings. The molecule has 0 aliphatic carbocycles. The predicted octanol–water partition coefficient (Wildman–Crippen LogP) is -2.01. The lowest BCUT2D eigenvalue weighted by Crippen LogP contribution is -3.00. The number of hydrogen-bond acceptors (Lipinski definition) is 4. The number of methoxy groups -OCH3 is 1. The molecule has 7 heteroatoms. The van der Waals surface area contributed by atoms with Gasteiger partial charge in [-0.2, -0.15) is 0 Å². The lowest BCUT2D eigenvalue weighted by Gasteiger charge is -2.03. The standard InChI is InChI=1S/C16H25N2O4.HI/c1-3-17-13-18(6-8-21-10-11-22-9-7-19)15-5-4-14(20-2)12-16(15)17;/h4-5,12-13,19H,3,6-11H2,1-2H3;1H/q+1;/p-1. The van der Waals surface area contributed by atoms with Gasteiger partial charge in [-0.25, -0.2) is 9.13 Å². The maximum absolute atomic E-state index is 8.60. The Kier molecular flexibility index (Phi) is 9.46. The normalized spacial score (nSPS) is 10.7. The molecule has 1 aromatic heterocycles. The Morgan fingerprint density at radius 1 is 1.13 bits per heavy atom. The molecule has 130 valence electrons. The van der Waals surface area contributed by atoms with Crippen LogP contribution >= 0.6 is 0 Å². The maximum Gasteiger partial charge on any atom is 0.244 e. The van der Waals surface area contributed by atoms with Crippen LogP contribution in [0.4, 0.5) is 0 Å². The number of nitrogens with zero attached hydrogens (tertiary/aromatic N) is 2. The maximum atomic E-state index is 8.60. The van der Waals surface area contributed by atoms with E-state index in [-0.39, 0.29) is 30.6 Å². The number of ether oxygens (including phenoxy) is 3. The van der Waals surface area contributed by atoms with E-state index in [1.54, 1.807) is 7.11 Å². The first kappa shape index (κ1) is 20.1. The quantitative estimate of drug-likeness (QED) is 0.266. The van der Waals surface area contributed by atoms with Gasteiger partial charge in [-0.05, 0) is 19.1 Å². The molecule has 0 bridgehead atoms. The molecule has 0 saturated heterocycles. The molecular weight excluding hydrogens is 411 g/mol. The minimum Gasteiger partial charge on any atom is -1.00 e. The molecule has 0 atom stereocenters. The molecule has 0 unspecified atom stereocenters. The van der Waals surface area contributed by atoms with Crippen LogP contribution in [-0.2, 0) is 22.6 Å². The van der Waals surface area contributed by atoms with Gasteiger partial charge >= 0.3 is 0 Å². The van der Waals surface area contributed by atoms with Crippen LogP contribution < -0.4 is 33.3 Å². The second-order valence-electron chi connectivity index (χ2n) is 4.90. The molecule has 1 N–H and O–H groups in total. The Hall–Kier alpha value is -0.900. The van der Waals surface area contributed by atoms with Crippen LogP contribution in [0.1, 0.15) is 6.92 Å². The lowest BCUT2D eigenvalue weighted by atomic mass is 10.3. The highest BCUT2D eigenvalue weighted by molar-refractivity contribution is 5.73. The molecule has 0 saturated carbocycles. The highest BCUT2D eigenvalue weighted by Gasteiger charge is 2.15. The van der Waals surface area contributed by atoms with Gasteiger partial charge in [0.1, 0.15) is 12.3 Å². The van der Waals surface area contributed by atoms with Crippen LogP contribution in [0.15, 0.2) is 24.5 Å². The van der Waals surface area contributed by atoms with Gasteiger partial charge in [-0.15, -0.1) is 0 Å². The minimum absolute atomic E-state index is 0. The van der Waals surface area contributed by atoms with Crippen molar-refractivity contribution in [1.82, 2.24) is 4.57 Å². The Morgan fingerprint density at radius 3 is 2.52 bits per heavy atom. The molecule has 0 amide bonds. The molecule has 0 aliphatic heterocycles. The zero-order chi connectivity index (χ0) is 15.8. The lowest BCUT2D eigenvalue weighted by molar-refractivity contribution is -0.674. The van der Waals surface area contributed by atoms with Crippen molar-refractivity contribution in [3.8, 4) is 5.75 Å². The second kappa shape index (κ2) is 10.8. The number of halogens is 1. The minimum atomic E-state index is 0. The van der Waals surface area contributed by atoms with Gasteiger partial charge in [-0.1, -0.05) is 0 Å². The summed E-state index contributed by atoms with van der Waals surface area (Å²) >= 11 is 0. The molecule has 0 spiro atoms. The summed E-state index contributed by atoms with van der Waals surface area (Å²) < 4.78 is 20.4. The van der Waals surface area contributed by atoms with E-state index in [9.17, 15) is 0 Å². The van der Waals surface area contributed by atoms with E-state index >= 15 is 0 Å². The zero-order valence-electron chi connectivity index (χ0n) is 13.7. The number of imidazole rings is 1. The number of aryl methyl sites for hydroxylation is 1. The fourth-order valence-electron chi connectivity index (χ4n) is 2.38. The summed E-state index contributed by atoms with van der Waals surface area (Å²) in [6.45, 7) is 5.92. The number of aromatic nitrogens is 2. The summed E-state index contributed by atoms with van der Waals surface area (Å²) in [5, 5.41) is 8.60. The van der Waals surface area contributed by atoms with Gasteiger partial charge in [-0.3, -0.25) is 0 Å². The summed E-state index contributed by atoms with van der Waals surface area (Å²) in [7, 11) is 1.68. The third-order valence-electron chi connectivity index (χ3n) is 3.51. The van der Waals surface area contributed by atoms with Gasteiger partial charge in [0.05, 0.1) is 46.7 Å². The van der Waals surface area contributed by atoms with Crippen molar-refractivity contribution in [2.75, 3.05) is 40.1 Å².